The zero-order valence-electron chi connectivity index (χ0n) is 18.6. The van der Waals surface area contributed by atoms with Crippen LogP contribution in [-0.2, 0) is 19.6 Å². The summed E-state index contributed by atoms with van der Waals surface area (Å²) in [5.41, 5.74) is 2.67. The number of rotatable bonds is 8. The molecule has 2 heterocycles. The first-order valence-corrected chi connectivity index (χ1v) is 10.8. The second-order valence-corrected chi connectivity index (χ2v) is 8.43. The maximum Gasteiger partial charge on any atom is 0.191 e. The lowest BCUT2D eigenvalue weighted by molar-refractivity contribution is 0.134. The summed E-state index contributed by atoms with van der Waals surface area (Å²) in [4.78, 5) is 6.91. The average molecular weight is 524 g/mol. The fraction of sp³-hybridized carbons (Fsp3) is 0.565. The quantitative estimate of drug-likeness (QED) is 0.239. The van der Waals surface area contributed by atoms with E-state index in [1.54, 1.807) is 0 Å². The van der Waals surface area contributed by atoms with E-state index in [9.17, 15) is 0 Å². The van der Waals surface area contributed by atoms with E-state index in [0.717, 1.165) is 50.4 Å². The van der Waals surface area contributed by atoms with Gasteiger partial charge in [0.1, 0.15) is 0 Å². The van der Waals surface area contributed by atoms with E-state index in [2.05, 4.69) is 63.7 Å². The number of hydrogen-bond acceptors (Lipinski definition) is 3. The molecular weight excluding hydrogens is 487 g/mol. The van der Waals surface area contributed by atoms with Gasteiger partial charge >= 0.3 is 0 Å². The summed E-state index contributed by atoms with van der Waals surface area (Å²) in [6.07, 6.45) is 6.17. The van der Waals surface area contributed by atoms with Crippen molar-refractivity contribution < 1.29 is 0 Å². The molecule has 1 aliphatic heterocycles. The Morgan fingerprint density at radius 2 is 1.80 bits per heavy atom. The van der Waals surface area contributed by atoms with Gasteiger partial charge in [0.05, 0.1) is 0 Å². The van der Waals surface area contributed by atoms with Crippen molar-refractivity contribution in [1.82, 2.24) is 25.3 Å². The third kappa shape index (κ3) is 8.26. The molecule has 1 saturated heterocycles. The topological polar surface area (TPSA) is 57.5 Å². The van der Waals surface area contributed by atoms with Crippen LogP contribution in [0.4, 0.5) is 0 Å². The minimum absolute atomic E-state index is 0. The Labute approximate surface area is 198 Å². The van der Waals surface area contributed by atoms with Gasteiger partial charge in [-0.2, -0.15) is 5.10 Å². The number of piperidine rings is 1. The molecule has 0 spiro atoms. The molecule has 3 rings (SSSR count). The van der Waals surface area contributed by atoms with Gasteiger partial charge in [0.25, 0.3) is 0 Å². The molecule has 6 nitrogen and oxygen atoms in total. The summed E-state index contributed by atoms with van der Waals surface area (Å²) in [6.45, 7) is 10.8. The average Bonchev–Trinajstić information content (AvgIpc) is 3.21. The lowest BCUT2D eigenvalue weighted by Gasteiger charge is -2.35. The van der Waals surface area contributed by atoms with Gasteiger partial charge in [-0.3, -0.25) is 14.6 Å². The first-order chi connectivity index (χ1) is 14.1. The van der Waals surface area contributed by atoms with Gasteiger partial charge in [-0.25, -0.2) is 0 Å². The zero-order chi connectivity index (χ0) is 20.5. The molecule has 0 bridgehead atoms. The maximum atomic E-state index is 4.31. The van der Waals surface area contributed by atoms with E-state index in [-0.39, 0.29) is 24.0 Å². The van der Waals surface area contributed by atoms with Gasteiger partial charge in [0.2, 0.25) is 0 Å². The van der Waals surface area contributed by atoms with Crippen molar-refractivity contribution in [3.63, 3.8) is 0 Å². The van der Waals surface area contributed by atoms with E-state index < -0.39 is 0 Å². The molecule has 2 atom stereocenters. The standard InChI is InChI=1S/C23H36N6.HI/c1-19-14-20(2)17-28(16-19)18-22-8-6-21(7-9-22)15-26-23(24-3)25-10-4-12-29-13-5-11-27-29;/h5-9,11,13,19-20H,4,10,12,14-18H2,1-3H3,(H2,24,25,26);1H. The molecule has 30 heavy (non-hydrogen) atoms. The molecule has 166 valence electrons. The first-order valence-electron chi connectivity index (χ1n) is 10.8. The van der Waals surface area contributed by atoms with Crippen molar-refractivity contribution in [3.8, 4) is 0 Å². The number of nitrogens with one attached hydrogen (secondary N) is 2. The number of aryl methyl sites for hydroxylation is 1. The molecule has 2 unspecified atom stereocenters. The van der Waals surface area contributed by atoms with Crippen LogP contribution in [0.25, 0.3) is 0 Å². The van der Waals surface area contributed by atoms with Crippen molar-refractivity contribution in [2.75, 3.05) is 26.7 Å². The fourth-order valence-electron chi connectivity index (χ4n) is 4.23. The van der Waals surface area contributed by atoms with E-state index in [4.69, 9.17) is 0 Å². The minimum atomic E-state index is 0. The highest BCUT2D eigenvalue weighted by Crippen LogP contribution is 2.22. The summed E-state index contributed by atoms with van der Waals surface area (Å²) >= 11 is 0. The second kappa shape index (κ2) is 12.9. The molecule has 0 saturated carbocycles. The Morgan fingerprint density at radius 1 is 1.10 bits per heavy atom. The molecule has 7 heteroatoms. The van der Waals surface area contributed by atoms with Crippen LogP contribution in [0.1, 0.15) is 37.8 Å². The molecule has 0 aliphatic carbocycles. The van der Waals surface area contributed by atoms with Gasteiger partial charge in [0, 0.05) is 58.7 Å². The van der Waals surface area contributed by atoms with Crippen LogP contribution in [0.2, 0.25) is 0 Å². The maximum absolute atomic E-state index is 4.31. The lowest BCUT2D eigenvalue weighted by Crippen LogP contribution is -2.38. The molecule has 1 aliphatic rings. The molecule has 2 aromatic rings. The Hall–Kier alpha value is -1.61. The highest BCUT2D eigenvalue weighted by Gasteiger charge is 2.21. The molecule has 1 fully saturated rings. The third-order valence-electron chi connectivity index (χ3n) is 5.47. The van der Waals surface area contributed by atoms with E-state index >= 15 is 0 Å². The number of likely N-dealkylation sites (tertiary alicyclic amines) is 1. The Balaban J connectivity index is 0.00000320. The fourth-order valence-corrected chi connectivity index (χ4v) is 4.23. The van der Waals surface area contributed by atoms with Crippen LogP contribution in [-0.4, -0.2) is 47.3 Å². The summed E-state index contributed by atoms with van der Waals surface area (Å²) in [5, 5.41) is 11.0. The third-order valence-corrected chi connectivity index (χ3v) is 5.47. The predicted octanol–water partition coefficient (Wildman–Crippen LogP) is 3.73. The molecule has 1 aromatic carbocycles. The summed E-state index contributed by atoms with van der Waals surface area (Å²) in [5.74, 6) is 2.45. The number of aromatic nitrogens is 2. The number of hydrogen-bond donors (Lipinski definition) is 2. The Bertz CT molecular complexity index is 734. The van der Waals surface area contributed by atoms with Gasteiger partial charge in [-0.15, -0.1) is 24.0 Å². The van der Waals surface area contributed by atoms with Crippen LogP contribution in [0, 0.1) is 11.8 Å². The van der Waals surface area contributed by atoms with E-state index in [0.29, 0.717) is 0 Å². The first kappa shape index (κ1) is 24.7. The molecule has 0 radical (unpaired) electrons. The molecule has 0 amide bonds. The second-order valence-electron chi connectivity index (χ2n) is 8.43. The van der Waals surface area contributed by atoms with Crippen molar-refractivity contribution in [3.05, 3.63) is 53.9 Å². The van der Waals surface area contributed by atoms with Crippen molar-refractivity contribution in [1.29, 1.82) is 0 Å². The Morgan fingerprint density at radius 3 is 2.43 bits per heavy atom. The van der Waals surface area contributed by atoms with Crippen molar-refractivity contribution >= 4 is 29.9 Å². The number of benzene rings is 1. The van der Waals surface area contributed by atoms with Crippen LogP contribution < -0.4 is 10.6 Å². The largest absolute Gasteiger partial charge is 0.356 e. The van der Waals surface area contributed by atoms with Crippen LogP contribution in [0.5, 0.6) is 0 Å². The van der Waals surface area contributed by atoms with Gasteiger partial charge in [-0.05, 0) is 41.9 Å². The molecule has 1 aromatic heterocycles. The van der Waals surface area contributed by atoms with E-state index in [1.807, 2.05) is 30.2 Å². The van der Waals surface area contributed by atoms with Crippen LogP contribution in [0.3, 0.4) is 0 Å². The summed E-state index contributed by atoms with van der Waals surface area (Å²) in [7, 11) is 1.81. The highest BCUT2D eigenvalue weighted by molar-refractivity contribution is 14.0. The van der Waals surface area contributed by atoms with Crippen LogP contribution >= 0.6 is 24.0 Å². The number of aliphatic imine (C=N–C) groups is 1. The zero-order valence-corrected chi connectivity index (χ0v) is 20.9. The SMILES string of the molecule is CN=C(NCCCn1cccn1)NCc1ccc(CN2CC(C)CC(C)C2)cc1.I. The molecular formula is C23H37IN6. The monoisotopic (exact) mass is 524 g/mol. The lowest BCUT2D eigenvalue weighted by atomic mass is 9.91. The van der Waals surface area contributed by atoms with Crippen LogP contribution in [0.15, 0.2) is 47.7 Å². The normalized spacial score (nSPS) is 19.9. The summed E-state index contributed by atoms with van der Waals surface area (Å²) < 4.78 is 1.95. The van der Waals surface area contributed by atoms with Gasteiger partial charge < -0.3 is 10.6 Å². The number of nitrogens with zero attached hydrogens (tertiary/aromatic N) is 4. The number of halogens is 1. The van der Waals surface area contributed by atoms with Gasteiger partial charge in [-0.1, -0.05) is 38.1 Å². The van der Waals surface area contributed by atoms with Crippen molar-refractivity contribution in [2.45, 2.75) is 46.3 Å². The Kier molecular flexibility index (Phi) is 10.6. The smallest absolute Gasteiger partial charge is 0.191 e. The van der Waals surface area contributed by atoms with Gasteiger partial charge in [0.15, 0.2) is 5.96 Å². The minimum Gasteiger partial charge on any atom is -0.356 e. The van der Waals surface area contributed by atoms with Crippen molar-refractivity contribution in [2.24, 2.45) is 16.8 Å². The highest BCUT2D eigenvalue weighted by atomic mass is 127. The number of guanidine groups is 1. The van der Waals surface area contributed by atoms with E-state index in [1.165, 1.54) is 30.6 Å². The molecule has 2 N–H and O–H groups in total. The predicted molar refractivity (Wildman–Crippen MR) is 135 cm³/mol. The summed E-state index contributed by atoms with van der Waals surface area (Å²) in [6, 6.07) is 10.9.